The van der Waals surface area contributed by atoms with Gasteiger partial charge in [0.2, 0.25) is 0 Å². The molecule has 146 valence electrons. The van der Waals surface area contributed by atoms with E-state index in [4.69, 9.17) is 0 Å². The number of hydrogen-bond donors (Lipinski definition) is 2. The number of amides is 2. The van der Waals surface area contributed by atoms with Crippen LogP contribution in [0.5, 0.6) is 0 Å². The number of rotatable bonds is 5. The molecule has 0 bridgehead atoms. The Kier molecular flexibility index (Phi) is 5.58. The predicted molar refractivity (Wildman–Crippen MR) is 106 cm³/mol. The summed E-state index contributed by atoms with van der Waals surface area (Å²) in [6.45, 7) is 5.84. The van der Waals surface area contributed by atoms with E-state index in [1.165, 1.54) is 6.33 Å². The number of benzene rings is 1. The Hall–Kier alpha value is -3.42. The van der Waals surface area contributed by atoms with Crippen molar-refractivity contribution in [3.63, 3.8) is 0 Å². The van der Waals surface area contributed by atoms with Gasteiger partial charge in [0.15, 0.2) is 0 Å². The first-order valence-electron chi connectivity index (χ1n) is 9.02. The van der Waals surface area contributed by atoms with Gasteiger partial charge in [-0.25, -0.2) is 14.5 Å². The lowest BCUT2D eigenvalue weighted by atomic mass is 10.1. The molecule has 2 amide bonds. The maximum absolute atomic E-state index is 12.6. The minimum atomic E-state index is -0.243. The molecule has 0 radical (unpaired) electrons. The predicted octanol–water partition coefficient (Wildman–Crippen LogP) is 2.48. The summed E-state index contributed by atoms with van der Waals surface area (Å²) in [5, 5.41) is 6.93. The Morgan fingerprint density at radius 2 is 2.00 bits per heavy atom. The van der Waals surface area contributed by atoms with E-state index in [9.17, 15) is 9.59 Å². The molecular formula is C20H24N6O2. The van der Waals surface area contributed by atoms with Gasteiger partial charge in [0.1, 0.15) is 12.7 Å². The molecule has 2 aromatic heterocycles. The largest absolute Gasteiger partial charge is 0.334 e. The van der Waals surface area contributed by atoms with Gasteiger partial charge in [-0.05, 0) is 50.1 Å². The van der Waals surface area contributed by atoms with Crippen LogP contribution in [0.3, 0.4) is 0 Å². The minimum absolute atomic E-state index is 0.137. The zero-order chi connectivity index (χ0) is 20.3. The van der Waals surface area contributed by atoms with Crippen molar-refractivity contribution in [1.29, 1.82) is 0 Å². The number of carbonyl (C=O) groups excluding carboxylic acids is 1. The van der Waals surface area contributed by atoms with Crippen LogP contribution < -0.4 is 10.9 Å². The van der Waals surface area contributed by atoms with Crippen LogP contribution in [0.15, 0.2) is 47.8 Å². The monoisotopic (exact) mass is 380 g/mol. The average molecular weight is 380 g/mol. The number of aromatic nitrogens is 4. The number of urea groups is 1. The van der Waals surface area contributed by atoms with Gasteiger partial charge < -0.3 is 15.2 Å². The number of hydrogen-bond acceptors (Lipinski definition) is 4. The van der Waals surface area contributed by atoms with Crippen LogP contribution in [0.1, 0.15) is 35.3 Å². The summed E-state index contributed by atoms with van der Waals surface area (Å²) in [6.07, 6.45) is 3.11. The van der Waals surface area contributed by atoms with Gasteiger partial charge in [-0.3, -0.25) is 4.79 Å². The molecule has 0 aliphatic carbocycles. The second-order valence-electron chi connectivity index (χ2n) is 6.82. The van der Waals surface area contributed by atoms with E-state index >= 15 is 0 Å². The molecule has 0 aliphatic rings. The van der Waals surface area contributed by atoms with Gasteiger partial charge in [0.25, 0.3) is 5.56 Å². The molecule has 2 heterocycles. The number of pyridine rings is 1. The fourth-order valence-corrected chi connectivity index (χ4v) is 3.04. The van der Waals surface area contributed by atoms with Crippen LogP contribution in [-0.2, 0) is 6.54 Å². The Morgan fingerprint density at radius 1 is 1.29 bits per heavy atom. The topological polar surface area (TPSA) is 95.9 Å². The lowest BCUT2D eigenvalue weighted by Crippen LogP contribution is -2.39. The van der Waals surface area contributed by atoms with Crippen molar-refractivity contribution in [2.24, 2.45) is 0 Å². The molecule has 0 fully saturated rings. The fraction of sp³-hybridized carbons (Fsp3) is 0.300. The Balaban J connectivity index is 1.65. The van der Waals surface area contributed by atoms with Gasteiger partial charge in [-0.15, -0.1) is 0 Å². The molecule has 3 rings (SSSR count). The van der Waals surface area contributed by atoms with Crippen LogP contribution in [0, 0.1) is 13.8 Å². The molecule has 2 N–H and O–H groups in total. The molecule has 1 unspecified atom stereocenters. The van der Waals surface area contributed by atoms with E-state index in [0.717, 1.165) is 22.5 Å². The molecule has 0 spiro atoms. The van der Waals surface area contributed by atoms with Gasteiger partial charge in [0.05, 0.1) is 18.3 Å². The standard InChI is InChI=1S/C20H24N6O2/c1-13-9-14(2)24-19(27)18(13)10-22-20(28)25(4)15(3)16-5-7-17(8-6-16)26-12-21-11-23-26/h5-9,11-12,15H,10H2,1-4H3,(H,22,28)(H,24,27). The highest BCUT2D eigenvalue weighted by molar-refractivity contribution is 5.74. The lowest BCUT2D eigenvalue weighted by Gasteiger charge is -2.26. The van der Waals surface area contributed by atoms with Crippen LogP contribution in [0.4, 0.5) is 4.79 Å². The fourth-order valence-electron chi connectivity index (χ4n) is 3.04. The van der Waals surface area contributed by atoms with Crippen LogP contribution in [0.2, 0.25) is 0 Å². The normalized spacial score (nSPS) is 11.9. The molecular weight excluding hydrogens is 356 g/mol. The van der Waals surface area contributed by atoms with Crippen LogP contribution >= 0.6 is 0 Å². The SMILES string of the molecule is Cc1cc(C)c(CNC(=O)N(C)C(C)c2ccc(-n3cncn3)cc2)c(=O)[nH]1. The van der Waals surface area contributed by atoms with E-state index in [0.29, 0.717) is 5.56 Å². The second kappa shape index (κ2) is 8.08. The minimum Gasteiger partial charge on any atom is -0.334 e. The molecule has 8 heteroatoms. The third-order valence-corrected chi connectivity index (χ3v) is 4.87. The van der Waals surface area contributed by atoms with Crippen molar-refractivity contribution in [2.45, 2.75) is 33.4 Å². The molecule has 0 aliphatic heterocycles. The van der Waals surface area contributed by atoms with E-state index in [2.05, 4.69) is 20.4 Å². The van der Waals surface area contributed by atoms with Gasteiger partial charge in [0, 0.05) is 18.3 Å². The Morgan fingerprint density at radius 3 is 2.61 bits per heavy atom. The van der Waals surface area contributed by atoms with Crippen molar-refractivity contribution in [1.82, 2.24) is 30.0 Å². The first kappa shape index (κ1) is 19.3. The number of aromatic amines is 1. The summed E-state index contributed by atoms with van der Waals surface area (Å²) in [4.78, 5) is 33.0. The third-order valence-electron chi connectivity index (χ3n) is 4.87. The molecule has 8 nitrogen and oxygen atoms in total. The van der Waals surface area contributed by atoms with Crippen LogP contribution in [-0.4, -0.2) is 37.7 Å². The second-order valence-corrected chi connectivity index (χ2v) is 6.82. The van der Waals surface area contributed by atoms with E-state index in [-0.39, 0.29) is 24.2 Å². The van der Waals surface area contributed by atoms with E-state index in [1.54, 1.807) is 23.0 Å². The first-order valence-corrected chi connectivity index (χ1v) is 9.02. The molecule has 3 aromatic rings. The number of carbonyl (C=O) groups is 1. The number of aryl methyl sites for hydroxylation is 2. The molecule has 1 atom stereocenters. The third kappa shape index (κ3) is 4.11. The summed E-state index contributed by atoms with van der Waals surface area (Å²) >= 11 is 0. The Labute approximate surface area is 163 Å². The molecule has 1 aromatic carbocycles. The highest BCUT2D eigenvalue weighted by Crippen LogP contribution is 2.20. The van der Waals surface area contributed by atoms with Crippen LogP contribution in [0.25, 0.3) is 5.69 Å². The summed E-state index contributed by atoms with van der Waals surface area (Å²) < 4.78 is 1.67. The van der Waals surface area contributed by atoms with Gasteiger partial charge >= 0.3 is 6.03 Å². The number of nitrogens with zero attached hydrogens (tertiary/aromatic N) is 4. The quantitative estimate of drug-likeness (QED) is 0.711. The zero-order valence-corrected chi connectivity index (χ0v) is 16.4. The average Bonchev–Trinajstić information content (AvgIpc) is 3.20. The summed E-state index contributed by atoms with van der Waals surface area (Å²) in [6, 6.07) is 9.30. The van der Waals surface area contributed by atoms with Crippen molar-refractivity contribution < 1.29 is 4.79 Å². The van der Waals surface area contributed by atoms with Gasteiger partial charge in [-0.2, -0.15) is 5.10 Å². The maximum Gasteiger partial charge on any atom is 0.317 e. The van der Waals surface area contributed by atoms with Gasteiger partial charge in [-0.1, -0.05) is 12.1 Å². The number of nitrogens with one attached hydrogen (secondary N) is 2. The summed E-state index contributed by atoms with van der Waals surface area (Å²) in [7, 11) is 1.73. The molecule has 0 saturated carbocycles. The first-order chi connectivity index (χ1) is 13.4. The van der Waals surface area contributed by atoms with Crippen molar-refractivity contribution in [3.05, 3.63) is 75.7 Å². The number of H-pyrrole nitrogens is 1. The zero-order valence-electron chi connectivity index (χ0n) is 16.4. The summed E-state index contributed by atoms with van der Waals surface area (Å²) in [5.41, 5.74) is 3.95. The molecule has 0 saturated heterocycles. The van der Waals surface area contributed by atoms with Crippen molar-refractivity contribution in [2.75, 3.05) is 7.05 Å². The smallest absolute Gasteiger partial charge is 0.317 e. The van der Waals surface area contributed by atoms with E-state index < -0.39 is 0 Å². The maximum atomic E-state index is 12.6. The highest BCUT2D eigenvalue weighted by Gasteiger charge is 2.18. The van der Waals surface area contributed by atoms with E-state index in [1.807, 2.05) is 51.1 Å². The lowest BCUT2D eigenvalue weighted by molar-refractivity contribution is 0.194. The van der Waals surface area contributed by atoms with Crippen molar-refractivity contribution >= 4 is 6.03 Å². The summed E-state index contributed by atoms with van der Waals surface area (Å²) in [5.74, 6) is 0. The van der Waals surface area contributed by atoms with Crippen molar-refractivity contribution in [3.8, 4) is 5.69 Å². The highest BCUT2D eigenvalue weighted by atomic mass is 16.2. The Bertz CT molecular complexity index is 1010. The molecule has 28 heavy (non-hydrogen) atoms.